The van der Waals surface area contributed by atoms with Crippen LogP contribution in [0.15, 0.2) is 53.4 Å². The van der Waals surface area contributed by atoms with Crippen molar-refractivity contribution in [3.8, 4) is 5.75 Å². The third-order valence-electron chi connectivity index (χ3n) is 3.76. The lowest BCUT2D eigenvalue weighted by atomic mass is 10.0. The van der Waals surface area contributed by atoms with E-state index in [4.69, 9.17) is 4.74 Å². The normalized spacial score (nSPS) is 18.6. The van der Waals surface area contributed by atoms with E-state index in [1.165, 1.54) is 16.0 Å². The van der Waals surface area contributed by atoms with E-state index < -0.39 is 0 Å². The summed E-state index contributed by atoms with van der Waals surface area (Å²) in [4.78, 5) is 1.40. The topological polar surface area (TPSA) is 21.3 Å². The van der Waals surface area contributed by atoms with Crippen molar-refractivity contribution in [1.29, 1.82) is 0 Å². The molecule has 0 fully saturated rings. The van der Waals surface area contributed by atoms with Crippen molar-refractivity contribution in [3.63, 3.8) is 0 Å². The van der Waals surface area contributed by atoms with Crippen molar-refractivity contribution in [1.82, 2.24) is 5.32 Å². The summed E-state index contributed by atoms with van der Waals surface area (Å²) in [5, 5.41) is 3.73. The zero-order valence-corrected chi connectivity index (χ0v) is 12.6. The van der Waals surface area contributed by atoms with Crippen LogP contribution >= 0.6 is 11.8 Å². The zero-order valence-electron chi connectivity index (χ0n) is 11.8. The molecule has 0 saturated heterocycles. The van der Waals surface area contributed by atoms with Gasteiger partial charge < -0.3 is 10.1 Å². The number of para-hydroxylation sites is 1. The SMILES string of the molecule is COc1ccccc1[C@@H](C)NC1CSc2ccccc21. The molecule has 0 saturated carbocycles. The van der Waals surface area contributed by atoms with Crippen LogP contribution < -0.4 is 10.1 Å². The van der Waals surface area contributed by atoms with E-state index in [-0.39, 0.29) is 6.04 Å². The zero-order chi connectivity index (χ0) is 13.9. The Balaban J connectivity index is 1.79. The first-order chi connectivity index (χ1) is 9.79. The minimum atomic E-state index is 0.267. The Morgan fingerprint density at radius 2 is 1.90 bits per heavy atom. The average Bonchev–Trinajstić information content (AvgIpc) is 2.90. The van der Waals surface area contributed by atoms with Crippen molar-refractivity contribution in [2.45, 2.75) is 23.9 Å². The second-order valence-electron chi connectivity index (χ2n) is 5.03. The van der Waals surface area contributed by atoms with Crippen LogP contribution in [0.2, 0.25) is 0 Å². The lowest BCUT2D eigenvalue weighted by Gasteiger charge is -2.22. The van der Waals surface area contributed by atoms with Gasteiger partial charge in [0.25, 0.3) is 0 Å². The van der Waals surface area contributed by atoms with Gasteiger partial charge in [-0.3, -0.25) is 0 Å². The van der Waals surface area contributed by atoms with Gasteiger partial charge in [0.15, 0.2) is 0 Å². The standard InChI is InChI=1S/C17H19NOS/c1-12(13-7-3-5-9-16(13)19-2)18-15-11-20-17-10-6-4-8-14(15)17/h3-10,12,15,18H,11H2,1-2H3/t12-,15?/m1/s1. The van der Waals surface area contributed by atoms with Crippen LogP contribution in [0.1, 0.15) is 30.1 Å². The molecule has 20 heavy (non-hydrogen) atoms. The van der Waals surface area contributed by atoms with E-state index in [9.17, 15) is 0 Å². The van der Waals surface area contributed by atoms with Gasteiger partial charge in [-0.05, 0) is 24.6 Å². The smallest absolute Gasteiger partial charge is 0.123 e. The van der Waals surface area contributed by atoms with Gasteiger partial charge in [0.2, 0.25) is 0 Å². The highest BCUT2D eigenvalue weighted by Gasteiger charge is 2.24. The molecule has 1 heterocycles. The van der Waals surface area contributed by atoms with Gasteiger partial charge in [-0.2, -0.15) is 0 Å². The molecule has 2 nitrogen and oxygen atoms in total. The van der Waals surface area contributed by atoms with E-state index in [0.717, 1.165) is 11.5 Å². The fourth-order valence-corrected chi connectivity index (χ4v) is 3.89. The summed E-state index contributed by atoms with van der Waals surface area (Å²) in [5.41, 5.74) is 2.63. The Bertz CT molecular complexity index is 599. The lowest BCUT2D eigenvalue weighted by Crippen LogP contribution is -2.24. The maximum absolute atomic E-state index is 5.46. The number of fused-ring (bicyclic) bond motifs is 1. The highest BCUT2D eigenvalue weighted by molar-refractivity contribution is 7.99. The number of nitrogens with one attached hydrogen (secondary N) is 1. The maximum atomic E-state index is 5.46. The van der Waals surface area contributed by atoms with E-state index in [1.54, 1.807) is 7.11 Å². The molecule has 2 aromatic carbocycles. The van der Waals surface area contributed by atoms with E-state index in [1.807, 2.05) is 23.9 Å². The van der Waals surface area contributed by atoms with Crippen molar-refractivity contribution in [2.24, 2.45) is 0 Å². The van der Waals surface area contributed by atoms with Crippen LogP contribution in [-0.4, -0.2) is 12.9 Å². The largest absolute Gasteiger partial charge is 0.496 e. The minimum Gasteiger partial charge on any atom is -0.496 e. The third kappa shape index (κ3) is 2.56. The molecule has 1 aliphatic heterocycles. The molecule has 3 rings (SSSR count). The molecule has 0 bridgehead atoms. The molecule has 104 valence electrons. The number of methoxy groups -OCH3 is 1. The van der Waals surface area contributed by atoms with Gasteiger partial charge in [0.05, 0.1) is 7.11 Å². The summed E-state index contributed by atoms with van der Waals surface area (Å²) in [7, 11) is 1.73. The van der Waals surface area contributed by atoms with Crippen molar-refractivity contribution < 1.29 is 4.74 Å². The summed E-state index contributed by atoms with van der Waals surface area (Å²) in [5.74, 6) is 2.05. The Morgan fingerprint density at radius 1 is 1.15 bits per heavy atom. The fraction of sp³-hybridized carbons (Fsp3) is 0.294. The van der Waals surface area contributed by atoms with Crippen molar-refractivity contribution in [2.75, 3.05) is 12.9 Å². The molecule has 0 amide bonds. The van der Waals surface area contributed by atoms with E-state index in [0.29, 0.717) is 6.04 Å². The molecule has 2 atom stereocenters. The quantitative estimate of drug-likeness (QED) is 0.910. The summed E-state index contributed by atoms with van der Waals surface area (Å²) in [6.07, 6.45) is 0. The van der Waals surface area contributed by atoms with Crippen LogP contribution in [-0.2, 0) is 0 Å². The number of ether oxygens (including phenoxy) is 1. The van der Waals surface area contributed by atoms with Gasteiger partial charge >= 0.3 is 0 Å². The van der Waals surface area contributed by atoms with Gasteiger partial charge in [-0.1, -0.05) is 36.4 Å². The number of benzene rings is 2. The first kappa shape index (κ1) is 13.5. The molecule has 0 aromatic heterocycles. The molecule has 2 aromatic rings. The summed E-state index contributed by atoms with van der Waals surface area (Å²) < 4.78 is 5.46. The molecule has 0 aliphatic carbocycles. The highest BCUT2D eigenvalue weighted by Crippen LogP contribution is 2.39. The summed E-state index contributed by atoms with van der Waals surface area (Å²) in [6, 6.07) is 17.6. The summed E-state index contributed by atoms with van der Waals surface area (Å²) >= 11 is 1.93. The first-order valence-electron chi connectivity index (χ1n) is 6.90. The van der Waals surface area contributed by atoms with Gasteiger partial charge in [0.1, 0.15) is 5.75 Å². The van der Waals surface area contributed by atoms with Gasteiger partial charge in [-0.25, -0.2) is 0 Å². The predicted molar refractivity (Wildman–Crippen MR) is 84.5 cm³/mol. The second-order valence-corrected chi connectivity index (χ2v) is 6.09. The third-order valence-corrected chi connectivity index (χ3v) is 4.94. The number of hydrogen-bond acceptors (Lipinski definition) is 3. The van der Waals surface area contributed by atoms with E-state index in [2.05, 4.69) is 48.6 Å². The first-order valence-corrected chi connectivity index (χ1v) is 7.89. The predicted octanol–water partition coefficient (Wildman–Crippen LogP) is 4.19. The van der Waals surface area contributed by atoms with Crippen LogP contribution in [0, 0.1) is 0 Å². The Kier molecular flexibility index (Phi) is 3.99. The summed E-state index contributed by atoms with van der Waals surface area (Å²) in [6.45, 7) is 2.20. The molecule has 0 spiro atoms. The number of hydrogen-bond donors (Lipinski definition) is 1. The van der Waals surface area contributed by atoms with Crippen LogP contribution in [0.3, 0.4) is 0 Å². The van der Waals surface area contributed by atoms with Gasteiger partial charge in [0, 0.05) is 28.3 Å². The maximum Gasteiger partial charge on any atom is 0.123 e. The minimum absolute atomic E-state index is 0.267. The Hall–Kier alpha value is -1.45. The second kappa shape index (κ2) is 5.90. The molecular formula is C17H19NOS. The van der Waals surface area contributed by atoms with Crippen LogP contribution in [0.5, 0.6) is 5.75 Å². The van der Waals surface area contributed by atoms with E-state index >= 15 is 0 Å². The van der Waals surface area contributed by atoms with Crippen LogP contribution in [0.25, 0.3) is 0 Å². The van der Waals surface area contributed by atoms with Crippen LogP contribution in [0.4, 0.5) is 0 Å². The van der Waals surface area contributed by atoms with Gasteiger partial charge in [-0.15, -0.1) is 11.8 Å². The average molecular weight is 285 g/mol. The monoisotopic (exact) mass is 285 g/mol. The molecule has 1 aliphatic rings. The van der Waals surface area contributed by atoms with Crippen molar-refractivity contribution >= 4 is 11.8 Å². The number of rotatable bonds is 4. The molecule has 1 N–H and O–H groups in total. The fourth-order valence-electron chi connectivity index (χ4n) is 2.72. The highest BCUT2D eigenvalue weighted by atomic mass is 32.2. The number of thioether (sulfide) groups is 1. The Morgan fingerprint density at radius 3 is 2.75 bits per heavy atom. The molecular weight excluding hydrogens is 266 g/mol. The lowest BCUT2D eigenvalue weighted by molar-refractivity contribution is 0.397. The Labute approximate surface area is 124 Å². The molecule has 1 unspecified atom stereocenters. The molecule has 3 heteroatoms. The molecule has 0 radical (unpaired) electrons. The van der Waals surface area contributed by atoms with Crippen molar-refractivity contribution in [3.05, 3.63) is 59.7 Å².